The summed E-state index contributed by atoms with van der Waals surface area (Å²) < 4.78 is 19.3. The number of aliphatic hydroxyl groups is 2. The van der Waals surface area contributed by atoms with Crippen LogP contribution >= 0.6 is 11.8 Å². The maximum Gasteiger partial charge on any atom is 0.159 e. The fraction of sp³-hybridized carbons (Fsp3) is 0.889. The molecule has 2 saturated heterocycles. The molecule has 7 heteroatoms. The van der Waals surface area contributed by atoms with Gasteiger partial charge in [0.15, 0.2) is 11.3 Å². The molecule has 0 radical (unpaired) electrons. The number of rotatable bonds is 1. The summed E-state index contributed by atoms with van der Waals surface area (Å²) in [5.41, 5.74) is -0.448. The van der Waals surface area contributed by atoms with E-state index in [2.05, 4.69) is 10.3 Å². The highest BCUT2D eigenvalue weighted by Crippen LogP contribution is 2.35. The van der Waals surface area contributed by atoms with Gasteiger partial charge in [-0.25, -0.2) is 4.39 Å². The first-order valence-electron chi connectivity index (χ1n) is 5.10. The number of ether oxygens (including phenoxy) is 1. The highest BCUT2D eigenvalue weighted by atomic mass is 32.2. The number of thioether (sulfide) groups is 1. The first-order valence-corrected chi connectivity index (χ1v) is 5.98. The zero-order chi connectivity index (χ0) is 11.9. The van der Waals surface area contributed by atoms with E-state index in [1.54, 1.807) is 7.05 Å². The predicted molar refractivity (Wildman–Crippen MR) is 59.1 cm³/mol. The van der Waals surface area contributed by atoms with E-state index in [0.717, 1.165) is 0 Å². The predicted octanol–water partition coefficient (Wildman–Crippen LogP) is -0.518. The van der Waals surface area contributed by atoms with Crippen LogP contribution in [0.3, 0.4) is 0 Å². The molecule has 0 amide bonds. The average Bonchev–Trinajstić information content (AvgIpc) is 2.66. The third-order valence-corrected chi connectivity index (χ3v) is 3.95. The van der Waals surface area contributed by atoms with Crippen LogP contribution in [0.1, 0.15) is 6.92 Å². The van der Waals surface area contributed by atoms with Crippen LogP contribution in [0.25, 0.3) is 0 Å². The van der Waals surface area contributed by atoms with Gasteiger partial charge in [-0.1, -0.05) is 11.8 Å². The third kappa shape index (κ3) is 1.92. The summed E-state index contributed by atoms with van der Waals surface area (Å²) in [6, 6.07) is -0.603. The van der Waals surface area contributed by atoms with Crippen molar-refractivity contribution in [3.63, 3.8) is 0 Å². The molecule has 0 aromatic heterocycles. The van der Waals surface area contributed by atoms with E-state index >= 15 is 0 Å². The number of aliphatic hydroxyl groups excluding tert-OH is 2. The summed E-state index contributed by atoms with van der Waals surface area (Å²) in [5.74, 6) is 0. The molecule has 0 aliphatic carbocycles. The molecule has 0 spiro atoms. The van der Waals surface area contributed by atoms with Gasteiger partial charge in [0, 0.05) is 7.05 Å². The van der Waals surface area contributed by atoms with Crippen molar-refractivity contribution < 1.29 is 19.3 Å². The Bertz CT molecular complexity index is 302. The van der Waals surface area contributed by atoms with E-state index in [1.807, 2.05) is 0 Å². The molecule has 0 unspecified atom stereocenters. The van der Waals surface area contributed by atoms with Gasteiger partial charge < -0.3 is 20.3 Å². The second kappa shape index (κ2) is 4.48. The van der Waals surface area contributed by atoms with Crippen molar-refractivity contribution in [3.8, 4) is 0 Å². The third-order valence-electron chi connectivity index (χ3n) is 2.79. The molecule has 2 fully saturated rings. The maximum absolute atomic E-state index is 13.9. The summed E-state index contributed by atoms with van der Waals surface area (Å²) in [6.45, 7) is 1.48. The normalized spacial score (nSPS) is 47.6. The Morgan fingerprint density at radius 1 is 1.62 bits per heavy atom. The number of hydrogen-bond acceptors (Lipinski definition) is 5. The molecule has 0 aromatic carbocycles. The lowest BCUT2D eigenvalue weighted by molar-refractivity contribution is -0.167. The molecule has 3 N–H and O–H groups in total. The number of hydrogen-bond donors (Lipinski definition) is 3. The number of halogens is 1. The molecule has 2 heterocycles. The first kappa shape index (κ1) is 12.1. The van der Waals surface area contributed by atoms with Crippen LogP contribution in [-0.4, -0.2) is 58.4 Å². The molecule has 92 valence electrons. The van der Waals surface area contributed by atoms with E-state index in [-0.39, 0.29) is 0 Å². The fourth-order valence-corrected chi connectivity index (χ4v) is 2.99. The lowest BCUT2D eigenvalue weighted by atomic mass is 9.96. The average molecular weight is 250 g/mol. The Kier molecular flexibility index (Phi) is 3.39. The van der Waals surface area contributed by atoms with Crippen molar-refractivity contribution in [3.05, 3.63) is 0 Å². The molecule has 2 aliphatic heterocycles. The number of amidine groups is 1. The van der Waals surface area contributed by atoms with Crippen molar-refractivity contribution in [2.45, 2.75) is 42.9 Å². The lowest BCUT2D eigenvalue weighted by Crippen LogP contribution is -2.59. The van der Waals surface area contributed by atoms with Crippen LogP contribution < -0.4 is 5.32 Å². The van der Waals surface area contributed by atoms with E-state index in [9.17, 15) is 14.6 Å². The molecule has 6 atom stereocenters. The SMILES string of the molecule is CN=C1N[C@@H]2[C@H](F)[C@H](O)[C@@H]([C@H](C)O)O[C@@H]2S1. The molecule has 2 rings (SSSR count). The Morgan fingerprint density at radius 2 is 2.31 bits per heavy atom. The largest absolute Gasteiger partial charge is 0.391 e. The molecular formula is C9H15FN2O3S. The second-order valence-electron chi connectivity index (χ2n) is 3.96. The molecule has 0 aromatic rings. The van der Waals surface area contributed by atoms with Crippen LogP contribution in [-0.2, 0) is 4.74 Å². The topological polar surface area (TPSA) is 74.1 Å². The van der Waals surface area contributed by atoms with Crippen LogP contribution in [0.15, 0.2) is 4.99 Å². The summed E-state index contributed by atoms with van der Waals surface area (Å²) in [6.07, 6.45) is -4.57. The highest BCUT2D eigenvalue weighted by molar-refractivity contribution is 8.14. The van der Waals surface area contributed by atoms with E-state index in [1.165, 1.54) is 18.7 Å². The Hall–Kier alpha value is -0.370. The smallest absolute Gasteiger partial charge is 0.159 e. The molecule has 0 saturated carbocycles. The van der Waals surface area contributed by atoms with Crippen molar-refractivity contribution in [1.82, 2.24) is 5.32 Å². The molecule has 2 aliphatic rings. The highest BCUT2D eigenvalue weighted by Gasteiger charge is 2.51. The van der Waals surface area contributed by atoms with E-state index in [4.69, 9.17) is 4.74 Å². The van der Waals surface area contributed by atoms with Crippen LogP contribution in [0.4, 0.5) is 4.39 Å². The first-order chi connectivity index (χ1) is 7.54. The van der Waals surface area contributed by atoms with E-state index in [0.29, 0.717) is 5.17 Å². The molecular weight excluding hydrogens is 235 g/mol. The van der Waals surface area contributed by atoms with Gasteiger partial charge in [0.25, 0.3) is 0 Å². The lowest BCUT2D eigenvalue weighted by Gasteiger charge is -2.38. The minimum atomic E-state index is -1.47. The van der Waals surface area contributed by atoms with Crippen LogP contribution in [0, 0.1) is 0 Å². The number of nitrogens with one attached hydrogen (secondary N) is 1. The van der Waals surface area contributed by atoms with Crippen LogP contribution in [0.5, 0.6) is 0 Å². The summed E-state index contributed by atoms with van der Waals surface area (Å²) in [4.78, 5) is 3.92. The number of alkyl halides is 1. The van der Waals surface area contributed by atoms with Gasteiger partial charge in [-0.15, -0.1) is 0 Å². The summed E-state index contributed by atoms with van der Waals surface area (Å²) in [7, 11) is 1.60. The van der Waals surface area contributed by atoms with Crippen molar-refractivity contribution in [2.75, 3.05) is 7.05 Å². The van der Waals surface area contributed by atoms with Gasteiger partial charge in [-0.2, -0.15) is 0 Å². The summed E-state index contributed by atoms with van der Waals surface area (Å²) in [5, 5.41) is 22.5. The number of nitrogens with zero attached hydrogens (tertiary/aromatic N) is 1. The van der Waals surface area contributed by atoms with Gasteiger partial charge >= 0.3 is 0 Å². The zero-order valence-corrected chi connectivity index (χ0v) is 9.82. The van der Waals surface area contributed by atoms with Gasteiger partial charge in [0.2, 0.25) is 0 Å². The minimum absolute atomic E-state index is 0.448. The number of fused-ring (bicyclic) bond motifs is 1. The Balaban J connectivity index is 2.15. The standard InChI is InChI=1S/C9H15FN2O3S/c1-3(13)7-6(14)4(10)5-8(15-7)16-9(11-2)12-5/h3-8,13-14H,1-2H3,(H,11,12)/t3-,4-,5+,6-,7+,8+/m0/s1. The van der Waals surface area contributed by atoms with Gasteiger partial charge in [0.05, 0.1) is 12.1 Å². The zero-order valence-electron chi connectivity index (χ0n) is 9.00. The number of aliphatic imine (C=N–C) groups is 1. The van der Waals surface area contributed by atoms with Gasteiger partial charge in [-0.3, -0.25) is 4.99 Å². The fourth-order valence-electron chi connectivity index (χ4n) is 1.92. The van der Waals surface area contributed by atoms with Gasteiger partial charge in [-0.05, 0) is 6.92 Å². The Labute approximate surface area is 97.1 Å². The van der Waals surface area contributed by atoms with Crippen LogP contribution in [0.2, 0.25) is 0 Å². The molecule has 16 heavy (non-hydrogen) atoms. The Morgan fingerprint density at radius 3 is 2.88 bits per heavy atom. The second-order valence-corrected chi connectivity index (χ2v) is 5.05. The van der Waals surface area contributed by atoms with Crippen molar-refractivity contribution in [2.24, 2.45) is 4.99 Å². The van der Waals surface area contributed by atoms with Crippen molar-refractivity contribution >= 4 is 16.9 Å². The van der Waals surface area contributed by atoms with Crippen molar-refractivity contribution in [1.29, 1.82) is 0 Å². The summed E-state index contributed by atoms with van der Waals surface area (Å²) >= 11 is 1.28. The monoisotopic (exact) mass is 250 g/mol. The molecule has 0 bridgehead atoms. The molecule has 5 nitrogen and oxygen atoms in total. The van der Waals surface area contributed by atoms with Gasteiger partial charge in [0.1, 0.15) is 17.6 Å². The quantitative estimate of drug-likeness (QED) is 0.584. The van der Waals surface area contributed by atoms with E-state index < -0.39 is 36.0 Å². The maximum atomic E-state index is 13.9. The minimum Gasteiger partial charge on any atom is -0.391 e.